The van der Waals surface area contributed by atoms with E-state index in [0.717, 1.165) is 23.3 Å². The Morgan fingerprint density at radius 3 is 2.29 bits per heavy atom. The molecule has 4 nitrogen and oxygen atoms in total. The number of amides is 2. The van der Waals surface area contributed by atoms with Crippen LogP contribution < -0.4 is 5.32 Å². The Balaban J connectivity index is 2.14. The van der Waals surface area contributed by atoms with E-state index in [0.29, 0.717) is 18.7 Å². The monoisotopic (exact) mass is 440 g/mol. The molecule has 1 N–H and O–H groups in total. The predicted molar refractivity (Wildman–Crippen MR) is 131 cm³/mol. The number of rotatable bonds is 11. The third-order valence-corrected chi connectivity index (χ3v) is 6.59. The molecule has 2 aromatic carbocycles. The molecule has 2 amide bonds. The van der Waals surface area contributed by atoms with E-state index in [1.807, 2.05) is 52.0 Å². The highest BCUT2D eigenvalue weighted by Crippen LogP contribution is 2.19. The molecule has 31 heavy (non-hydrogen) atoms. The van der Waals surface area contributed by atoms with Gasteiger partial charge in [-0.15, -0.1) is 11.8 Å². The summed E-state index contributed by atoms with van der Waals surface area (Å²) < 4.78 is 0. The molecular formula is C26H36N2O2S. The van der Waals surface area contributed by atoms with Gasteiger partial charge in [0.25, 0.3) is 0 Å². The second-order valence-electron chi connectivity index (χ2n) is 8.17. The topological polar surface area (TPSA) is 49.4 Å². The van der Waals surface area contributed by atoms with Crippen molar-refractivity contribution in [1.29, 1.82) is 0 Å². The average Bonchev–Trinajstić information content (AvgIpc) is 2.76. The van der Waals surface area contributed by atoms with E-state index < -0.39 is 6.04 Å². The van der Waals surface area contributed by atoms with Gasteiger partial charge >= 0.3 is 0 Å². The second-order valence-corrected chi connectivity index (χ2v) is 9.15. The maximum absolute atomic E-state index is 13.3. The van der Waals surface area contributed by atoms with Gasteiger partial charge in [-0.05, 0) is 50.3 Å². The summed E-state index contributed by atoms with van der Waals surface area (Å²) >= 11 is 1.60. The van der Waals surface area contributed by atoms with E-state index in [4.69, 9.17) is 0 Å². The Hall–Kier alpha value is -2.27. The SMILES string of the molecule is CCC(C)NC(=O)C(CC)N(Cc1ccccc1C)C(=O)CSCc1ccc(C)cc1. The standard InChI is InChI=1S/C26H36N2O2S/c1-6-21(5)27-26(30)24(7-2)28(16-23-11-9-8-10-20(23)4)25(29)18-31-17-22-14-12-19(3)13-15-22/h8-15,21,24H,6-7,16-18H2,1-5H3,(H,27,30). The largest absolute Gasteiger partial charge is 0.352 e. The molecule has 0 spiro atoms. The van der Waals surface area contributed by atoms with Gasteiger partial charge in [0.1, 0.15) is 6.04 Å². The van der Waals surface area contributed by atoms with Gasteiger partial charge in [-0.3, -0.25) is 9.59 Å². The van der Waals surface area contributed by atoms with E-state index in [1.165, 1.54) is 11.1 Å². The van der Waals surface area contributed by atoms with Crippen LogP contribution in [0.25, 0.3) is 0 Å². The van der Waals surface area contributed by atoms with Gasteiger partial charge in [0, 0.05) is 18.3 Å². The van der Waals surface area contributed by atoms with Crippen LogP contribution in [0.15, 0.2) is 48.5 Å². The maximum atomic E-state index is 13.3. The number of hydrogen-bond donors (Lipinski definition) is 1. The summed E-state index contributed by atoms with van der Waals surface area (Å²) in [7, 11) is 0. The zero-order valence-corrected chi connectivity index (χ0v) is 20.3. The normalized spacial score (nSPS) is 12.8. The molecule has 0 radical (unpaired) electrons. The van der Waals surface area contributed by atoms with E-state index in [1.54, 1.807) is 16.7 Å². The van der Waals surface area contributed by atoms with Crippen LogP contribution in [0.1, 0.15) is 55.9 Å². The minimum Gasteiger partial charge on any atom is -0.352 e. The summed E-state index contributed by atoms with van der Waals surface area (Å²) in [4.78, 5) is 28.0. The van der Waals surface area contributed by atoms with Crippen molar-refractivity contribution in [2.24, 2.45) is 0 Å². The Labute approximate surface area is 191 Å². The summed E-state index contributed by atoms with van der Waals surface area (Å²) in [5.41, 5.74) is 4.64. The highest BCUT2D eigenvalue weighted by atomic mass is 32.2. The third-order valence-electron chi connectivity index (χ3n) is 5.60. The van der Waals surface area contributed by atoms with Crippen molar-refractivity contribution in [1.82, 2.24) is 10.2 Å². The lowest BCUT2D eigenvalue weighted by Gasteiger charge is -2.32. The molecule has 5 heteroatoms. The molecule has 2 aromatic rings. The summed E-state index contributed by atoms with van der Waals surface area (Å²) in [5, 5.41) is 3.06. The van der Waals surface area contributed by atoms with Gasteiger partial charge in [0.05, 0.1) is 5.75 Å². The van der Waals surface area contributed by atoms with Crippen molar-refractivity contribution in [3.63, 3.8) is 0 Å². The summed E-state index contributed by atoms with van der Waals surface area (Å²) in [6.07, 6.45) is 1.45. The zero-order valence-electron chi connectivity index (χ0n) is 19.5. The van der Waals surface area contributed by atoms with Crippen LogP contribution in [0.2, 0.25) is 0 Å². The molecule has 0 aliphatic carbocycles. The first-order valence-electron chi connectivity index (χ1n) is 11.1. The van der Waals surface area contributed by atoms with Crippen LogP contribution >= 0.6 is 11.8 Å². The number of carbonyl (C=O) groups excluding carboxylic acids is 2. The number of nitrogens with one attached hydrogen (secondary N) is 1. The lowest BCUT2D eigenvalue weighted by atomic mass is 10.1. The molecule has 0 heterocycles. The Morgan fingerprint density at radius 1 is 1.00 bits per heavy atom. The molecule has 2 rings (SSSR count). The van der Waals surface area contributed by atoms with Crippen molar-refractivity contribution in [2.45, 2.75) is 71.8 Å². The smallest absolute Gasteiger partial charge is 0.243 e. The summed E-state index contributed by atoms with van der Waals surface area (Å²) in [6.45, 7) is 10.6. The summed E-state index contributed by atoms with van der Waals surface area (Å²) in [5.74, 6) is 1.07. The predicted octanol–water partition coefficient (Wildman–Crippen LogP) is 5.26. The van der Waals surface area contributed by atoms with Crippen LogP contribution in [-0.2, 0) is 21.9 Å². The second kappa shape index (κ2) is 12.6. The van der Waals surface area contributed by atoms with Crippen LogP contribution in [0.4, 0.5) is 0 Å². The van der Waals surface area contributed by atoms with Crippen molar-refractivity contribution < 1.29 is 9.59 Å². The van der Waals surface area contributed by atoms with Crippen molar-refractivity contribution in [3.05, 3.63) is 70.8 Å². The van der Waals surface area contributed by atoms with Gasteiger partial charge in [-0.25, -0.2) is 0 Å². The van der Waals surface area contributed by atoms with Crippen LogP contribution in [0, 0.1) is 13.8 Å². The fourth-order valence-electron chi connectivity index (χ4n) is 3.36. The van der Waals surface area contributed by atoms with Crippen LogP contribution in [0.5, 0.6) is 0 Å². The molecule has 0 saturated carbocycles. The molecular weight excluding hydrogens is 404 g/mol. The highest BCUT2D eigenvalue weighted by Gasteiger charge is 2.29. The number of hydrogen-bond acceptors (Lipinski definition) is 3. The summed E-state index contributed by atoms with van der Waals surface area (Å²) in [6, 6.07) is 16.1. The fourth-order valence-corrected chi connectivity index (χ4v) is 4.23. The van der Waals surface area contributed by atoms with E-state index in [9.17, 15) is 9.59 Å². The number of aryl methyl sites for hydroxylation is 2. The van der Waals surface area contributed by atoms with Gasteiger partial charge in [-0.1, -0.05) is 67.9 Å². The Kier molecular flexibility index (Phi) is 10.1. The fraction of sp³-hybridized carbons (Fsp3) is 0.462. The molecule has 0 fully saturated rings. The molecule has 0 saturated heterocycles. The lowest BCUT2D eigenvalue weighted by molar-refractivity contribution is -0.139. The Bertz CT molecular complexity index is 851. The average molecular weight is 441 g/mol. The van der Waals surface area contributed by atoms with E-state index in [2.05, 4.69) is 36.5 Å². The van der Waals surface area contributed by atoms with Crippen molar-refractivity contribution >= 4 is 23.6 Å². The first-order valence-corrected chi connectivity index (χ1v) is 12.3. The molecule has 2 atom stereocenters. The molecule has 168 valence electrons. The lowest BCUT2D eigenvalue weighted by Crippen LogP contribution is -2.51. The third kappa shape index (κ3) is 7.73. The van der Waals surface area contributed by atoms with Gasteiger partial charge in [0.2, 0.25) is 11.8 Å². The number of thioether (sulfide) groups is 1. The Morgan fingerprint density at radius 2 is 1.68 bits per heavy atom. The minimum absolute atomic E-state index is 0.00603. The van der Waals surface area contributed by atoms with Gasteiger partial charge in [0.15, 0.2) is 0 Å². The zero-order chi connectivity index (χ0) is 22.8. The maximum Gasteiger partial charge on any atom is 0.243 e. The number of carbonyl (C=O) groups is 2. The highest BCUT2D eigenvalue weighted by molar-refractivity contribution is 7.99. The first kappa shape index (κ1) is 25.0. The molecule has 0 aromatic heterocycles. The van der Waals surface area contributed by atoms with E-state index in [-0.39, 0.29) is 17.9 Å². The van der Waals surface area contributed by atoms with Crippen LogP contribution in [-0.4, -0.2) is 34.6 Å². The quantitative estimate of drug-likeness (QED) is 0.519. The van der Waals surface area contributed by atoms with Crippen molar-refractivity contribution in [2.75, 3.05) is 5.75 Å². The van der Waals surface area contributed by atoms with Gasteiger partial charge < -0.3 is 10.2 Å². The molecule has 0 bridgehead atoms. The first-order chi connectivity index (χ1) is 14.8. The minimum atomic E-state index is -0.471. The number of benzene rings is 2. The van der Waals surface area contributed by atoms with E-state index >= 15 is 0 Å². The molecule has 2 unspecified atom stereocenters. The van der Waals surface area contributed by atoms with Gasteiger partial charge in [-0.2, -0.15) is 0 Å². The number of nitrogens with zero attached hydrogens (tertiary/aromatic N) is 1. The van der Waals surface area contributed by atoms with Crippen LogP contribution in [0.3, 0.4) is 0 Å². The molecule has 0 aliphatic rings. The van der Waals surface area contributed by atoms with Crippen molar-refractivity contribution in [3.8, 4) is 0 Å². The molecule has 0 aliphatic heterocycles.